The molecular formula is C10H16BrN3O2S. The molecule has 7 heteroatoms. The summed E-state index contributed by atoms with van der Waals surface area (Å²) in [4.78, 5) is 4.11. The maximum Gasteiger partial charge on any atom is 0.262 e. The molecule has 1 aromatic rings. The largest absolute Gasteiger partial charge is 0.337 e. The van der Waals surface area contributed by atoms with Crippen LogP contribution < -0.4 is 0 Å². The predicted octanol–water partition coefficient (Wildman–Crippen LogP) is 1.28. The van der Waals surface area contributed by atoms with Gasteiger partial charge >= 0.3 is 0 Å². The summed E-state index contributed by atoms with van der Waals surface area (Å²) in [5, 5.41) is 0.836. The fraction of sp³-hybridized carbons (Fsp3) is 0.700. The van der Waals surface area contributed by atoms with Crippen molar-refractivity contribution in [3.05, 3.63) is 12.0 Å². The first kappa shape index (κ1) is 13.0. The van der Waals surface area contributed by atoms with Crippen LogP contribution in [0.2, 0.25) is 0 Å². The number of hydrogen-bond acceptors (Lipinski definition) is 3. The molecule has 0 bridgehead atoms. The summed E-state index contributed by atoms with van der Waals surface area (Å²) in [5.74, 6) is 0.707. The highest BCUT2D eigenvalue weighted by atomic mass is 79.9. The summed E-state index contributed by atoms with van der Waals surface area (Å²) < 4.78 is 28.1. The Bertz CT molecular complexity index is 492. The molecule has 0 saturated carbocycles. The third-order valence-corrected chi connectivity index (χ3v) is 5.73. The molecule has 5 nitrogen and oxygen atoms in total. The van der Waals surface area contributed by atoms with Crippen LogP contribution in [0.3, 0.4) is 0 Å². The molecule has 0 spiro atoms. The van der Waals surface area contributed by atoms with Gasteiger partial charge in [-0.05, 0) is 19.8 Å². The minimum absolute atomic E-state index is 0.0577. The van der Waals surface area contributed by atoms with E-state index in [2.05, 4.69) is 20.9 Å². The van der Waals surface area contributed by atoms with Gasteiger partial charge in [-0.2, -0.15) is 4.31 Å². The van der Waals surface area contributed by atoms with E-state index in [0.29, 0.717) is 17.7 Å². The van der Waals surface area contributed by atoms with Crippen molar-refractivity contribution in [1.29, 1.82) is 0 Å². The van der Waals surface area contributed by atoms with Crippen molar-refractivity contribution in [3.8, 4) is 0 Å². The Kier molecular flexibility index (Phi) is 3.61. The van der Waals surface area contributed by atoms with E-state index in [-0.39, 0.29) is 11.1 Å². The van der Waals surface area contributed by atoms with Crippen molar-refractivity contribution in [2.45, 2.75) is 30.8 Å². The van der Waals surface area contributed by atoms with Gasteiger partial charge in [-0.15, -0.1) is 0 Å². The number of rotatable bonds is 3. The summed E-state index contributed by atoms with van der Waals surface area (Å²) in [5.41, 5.74) is 0. The standard InChI is InChI=1S/C10H16BrN3O2S/c1-8-12-10(7-13(8)2)17(15,16)14-5-3-4-9(14)6-11/h7,9H,3-6H2,1-2H3. The topological polar surface area (TPSA) is 55.2 Å². The van der Waals surface area contributed by atoms with E-state index in [1.807, 2.05) is 0 Å². The maximum absolute atomic E-state index is 12.4. The lowest BCUT2D eigenvalue weighted by Crippen LogP contribution is -2.36. The van der Waals surface area contributed by atoms with E-state index in [1.54, 1.807) is 29.0 Å². The molecule has 1 saturated heterocycles. The Morgan fingerprint density at radius 1 is 1.59 bits per heavy atom. The van der Waals surface area contributed by atoms with Crippen LogP contribution in [-0.2, 0) is 17.1 Å². The fourth-order valence-electron chi connectivity index (χ4n) is 2.05. The van der Waals surface area contributed by atoms with Crippen LogP contribution in [0.1, 0.15) is 18.7 Å². The van der Waals surface area contributed by atoms with Crippen molar-refractivity contribution >= 4 is 26.0 Å². The second-order valence-corrected chi connectivity index (χ2v) is 6.79. The first-order valence-corrected chi connectivity index (χ1v) is 8.10. The van der Waals surface area contributed by atoms with Crippen LogP contribution in [0.4, 0.5) is 0 Å². The Balaban J connectivity index is 2.36. The zero-order chi connectivity index (χ0) is 12.6. The van der Waals surface area contributed by atoms with Gasteiger partial charge in [0, 0.05) is 31.2 Å². The van der Waals surface area contributed by atoms with Crippen molar-refractivity contribution < 1.29 is 8.42 Å². The number of imidazole rings is 1. The molecule has 2 rings (SSSR count). The molecule has 0 N–H and O–H groups in total. The zero-order valence-electron chi connectivity index (χ0n) is 9.93. The van der Waals surface area contributed by atoms with Gasteiger partial charge in [-0.3, -0.25) is 0 Å². The molecule has 1 aliphatic rings. The van der Waals surface area contributed by atoms with E-state index in [9.17, 15) is 8.42 Å². The van der Waals surface area contributed by atoms with E-state index in [0.717, 1.165) is 12.8 Å². The zero-order valence-corrected chi connectivity index (χ0v) is 12.3. The van der Waals surface area contributed by atoms with Crippen molar-refractivity contribution in [1.82, 2.24) is 13.9 Å². The molecule has 1 aromatic heterocycles. The van der Waals surface area contributed by atoms with Crippen molar-refractivity contribution in [3.63, 3.8) is 0 Å². The molecule has 1 atom stereocenters. The van der Waals surface area contributed by atoms with Gasteiger partial charge in [0.25, 0.3) is 10.0 Å². The van der Waals surface area contributed by atoms with E-state index in [4.69, 9.17) is 0 Å². The van der Waals surface area contributed by atoms with Crippen molar-refractivity contribution in [2.75, 3.05) is 11.9 Å². The summed E-state index contributed by atoms with van der Waals surface area (Å²) in [6.07, 6.45) is 3.41. The molecule has 0 aliphatic carbocycles. The molecular weight excluding hydrogens is 306 g/mol. The minimum Gasteiger partial charge on any atom is -0.337 e. The molecule has 1 unspecified atom stereocenters. The maximum atomic E-state index is 12.4. The van der Waals surface area contributed by atoms with Gasteiger partial charge in [0.15, 0.2) is 5.03 Å². The Labute approximate surface area is 110 Å². The average molecular weight is 322 g/mol. The molecule has 0 radical (unpaired) electrons. The third-order valence-electron chi connectivity index (χ3n) is 3.16. The number of halogens is 1. The molecule has 1 fully saturated rings. The lowest BCUT2D eigenvalue weighted by atomic mass is 10.3. The highest BCUT2D eigenvalue weighted by molar-refractivity contribution is 9.09. The summed E-state index contributed by atoms with van der Waals surface area (Å²) in [6.45, 7) is 2.39. The second kappa shape index (κ2) is 4.70. The van der Waals surface area contributed by atoms with Gasteiger partial charge in [0.05, 0.1) is 0 Å². The van der Waals surface area contributed by atoms with Gasteiger partial charge in [-0.1, -0.05) is 15.9 Å². The molecule has 1 aliphatic heterocycles. The Morgan fingerprint density at radius 2 is 2.29 bits per heavy atom. The number of alkyl halides is 1. The van der Waals surface area contributed by atoms with Crippen LogP contribution >= 0.6 is 15.9 Å². The smallest absolute Gasteiger partial charge is 0.262 e. The number of aromatic nitrogens is 2. The quantitative estimate of drug-likeness (QED) is 0.788. The molecule has 0 amide bonds. The van der Waals surface area contributed by atoms with Crippen LogP contribution in [0, 0.1) is 6.92 Å². The Morgan fingerprint density at radius 3 is 2.82 bits per heavy atom. The normalized spacial score (nSPS) is 22.2. The van der Waals surface area contributed by atoms with Gasteiger partial charge < -0.3 is 4.57 Å². The molecule has 17 heavy (non-hydrogen) atoms. The summed E-state index contributed by atoms with van der Waals surface area (Å²) in [6, 6.07) is 0.0577. The van der Waals surface area contributed by atoms with Crippen LogP contribution in [0.25, 0.3) is 0 Å². The van der Waals surface area contributed by atoms with Crippen LogP contribution in [0.5, 0.6) is 0 Å². The summed E-state index contributed by atoms with van der Waals surface area (Å²) >= 11 is 3.37. The highest BCUT2D eigenvalue weighted by Gasteiger charge is 2.36. The third kappa shape index (κ3) is 2.28. The SMILES string of the molecule is Cc1nc(S(=O)(=O)N2CCCC2CBr)cn1C. The van der Waals surface area contributed by atoms with E-state index < -0.39 is 10.0 Å². The predicted molar refractivity (Wildman–Crippen MR) is 68.7 cm³/mol. The Hall–Kier alpha value is -0.400. The highest BCUT2D eigenvalue weighted by Crippen LogP contribution is 2.26. The second-order valence-electron chi connectivity index (χ2n) is 4.30. The van der Waals surface area contributed by atoms with Crippen LogP contribution in [-0.4, -0.2) is 40.2 Å². The van der Waals surface area contributed by atoms with E-state index in [1.165, 1.54) is 0 Å². The minimum atomic E-state index is -3.43. The summed E-state index contributed by atoms with van der Waals surface area (Å²) in [7, 11) is -1.63. The lowest BCUT2D eigenvalue weighted by Gasteiger charge is -2.20. The monoisotopic (exact) mass is 321 g/mol. The van der Waals surface area contributed by atoms with E-state index >= 15 is 0 Å². The number of nitrogens with zero attached hydrogens (tertiary/aromatic N) is 3. The first-order chi connectivity index (χ1) is 7.96. The van der Waals surface area contributed by atoms with Gasteiger partial charge in [0.2, 0.25) is 0 Å². The molecule has 96 valence electrons. The number of hydrogen-bond donors (Lipinski definition) is 0. The van der Waals surface area contributed by atoms with Gasteiger partial charge in [0.1, 0.15) is 5.82 Å². The first-order valence-electron chi connectivity index (χ1n) is 5.54. The number of sulfonamides is 1. The fourth-order valence-corrected chi connectivity index (χ4v) is 4.64. The van der Waals surface area contributed by atoms with Gasteiger partial charge in [-0.25, -0.2) is 13.4 Å². The van der Waals surface area contributed by atoms with Crippen molar-refractivity contribution in [2.24, 2.45) is 7.05 Å². The average Bonchev–Trinajstić information content (AvgIpc) is 2.86. The number of aryl methyl sites for hydroxylation is 2. The molecule has 2 heterocycles. The molecule has 0 aromatic carbocycles. The van der Waals surface area contributed by atoms with Crippen LogP contribution in [0.15, 0.2) is 11.2 Å². The lowest BCUT2D eigenvalue weighted by molar-refractivity contribution is 0.412.